The number of nitrogens with one attached hydrogen (secondary N) is 1. The van der Waals surface area contributed by atoms with Gasteiger partial charge in [0, 0.05) is 29.2 Å². The zero-order valence-electron chi connectivity index (χ0n) is 11.9. The first-order valence-corrected chi connectivity index (χ1v) is 8.28. The molecule has 1 aliphatic rings. The van der Waals surface area contributed by atoms with E-state index in [4.69, 9.17) is 9.97 Å². The fourth-order valence-electron chi connectivity index (χ4n) is 2.38. The van der Waals surface area contributed by atoms with Gasteiger partial charge in [-0.05, 0) is 18.9 Å². The van der Waals surface area contributed by atoms with Crippen LogP contribution >= 0.6 is 11.8 Å². The first kappa shape index (κ1) is 13.4. The number of hydrogen-bond donors (Lipinski definition) is 1. The van der Waals surface area contributed by atoms with Crippen molar-refractivity contribution in [2.24, 2.45) is 0 Å². The van der Waals surface area contributed by atoms with Gasteiger partial charge in [-0.1, -0.05) is 31.2 Å². The van der Waals surface area contributed by atoms with Crippen LogP contribution in [0, 0.1) is 0 Å². The number of aryl methyl sites for hydroxylation is 1. The van der Waals surface area contributed by atoms with Crippen LogP contribution < -0.4 is 5.32 Å². The Labute approximate surface area is 124 Å². The highest BCUT2D eigenvalue weighted by Crippen LogP contribution is 2.34. The van der Waals surface area contributed by atoms with E-state index in [1.54, 1.807) is 0 Å². The molecular formula is C16H19N3S. The van der Waals surface area contributed by atoms with Crippen LogP contribution in [0.3, 0.4) is 0 Å². The zero-order chi connectivity index (χ0) is 13.9. The zero-order valence-corrected chi connectivity index (χ0v) is 12.8. The number of rotatable bonds is 4. The summed E-state index contributed by atoms with van der Waals surface area (Å²) >= 11 is 1.91. The summed E-state index contributed by atoms with van der Waals surface area (Å²) in [5, 5.41) is 3.38. The molecule has 20 heavy (non-hydrogen) atoms. The topological polar surface area (TPSA) is 37.8 Å². The van der Waals surface area contributed by atoms with Crippen LogP contribution in [0.2, 0.25) is 0 Å². The molecule has 0 saturated heterocycles. The Hall–Kier alpha value is -1.55. The third-order valence-corrected chi connectivity index (χ3v) is 4.51. The van der Waals surface area contributed by atoms with Crippen molar-refractivity contribution in [1.82, 2.24) is 9.97 Å². The van der Waals surface area contributed by atoms with Gasteiger partial charge in [0.2, 0.25) is 0 Å². The van der Waals surface area contributed by atoms with Crippen LogP contribution in [0.1, 0.15) is 30.7 Å². The van der Waals surface area contributed by atoms with Gasteiger partial charge in [-0.15, -0.1) is 0 Å². The molecule has 104 valence electrons. The molecule has 0 spiro atoms. The van der Waals surface area contributed by atoms with Crippen molar-refractivity contribution in [3.8, 4) is 11.4 Å². The summed E-state index contributed by atoms with van der Waals surface area (Å²) in [6, 6.07) is 8.57. The molecule has 0 aliphatic carbocycles. The van der Waals surface area contributed by atoms with Crippen LogP contribution in [0.15, 0.2) is 24.3 Å². The van der Waals surface area contributed by atoms with Gasteiger partial charge in [-0.25, -0.2) is 9.97 Å². The van der Waals surface area contributed by atoms with Gasteiger partial charge in [-0.3, -0.25) is 0 Å². The molecule has 0 atom stereocenters. The van der Waals surface area contributed by atoms with Crippen LogP contribution in [-0.4, -0.2) is 16.5 Å². The van der Waals surface area contributed by atoms with Crippen LogP contribution in [0.4, 0.5) is 5.82 Å². The minimum atomic E-state index is 0.838. The molecular weight excluding hydrogens is 266 g/mol. The van der Waals surface area contributed by atoms with Crippen molar-refractivity contribution in [3.05, 3.63) is 41.1 Å². The van der Waals surface area contributed by atoms with Gasteiger partial charge in [-0.2, -0.15) is 11.8 Å². The first-order valence-electron chi connectivity index (χ1n) is 7.12. The maximum atomic E-state index is 4.75. The Kier molecular flexibility index (Phi) is 3.92. The Morgan fingerprint density at radius 3 is 2.60 bits per heavy atom. The quantitative estimate of drug-likeness (QED) is 0.925. The number of hydrogen-bond acceptors (Lipinski definition) is 4. The molecule has 0 fully saturated rings. The predicted molar refractivity (Wildman–Crippen MR) is 86.0 cm³/mol. The molecule has 1 aromatic carbocycles. The second-order valence-electron chi connectivity index (χ2n) is 4.89. The lowest BCUT2D eigenvalue weighted by Crippen LogP contribution is -2.06. The molecule has 0 unspecified atom stereocenters. The summed E-state index contributed by atoms with van der Waals surface area (Å²) in [4.78, 5) is 9.47. The molecule has 1 N–H and O–H groups in total. The largest absolute Gasteiger partial charge is 0.370 e. The minimum Gasteiger partial charge on any atom is -0.370 e. The van der Waals surface area contributed by atoms with E-state index in [1.807, 2.05) is 11.8 Å². The number of anilines is 1. The summed E-state index contributed by atoms with van der Waals surface area (Å²) in [6.07, 6.45) is 1.06. The van der Waals surface area contributed by atoms with Crippen molar-refractivity contribution in [3.63, 3.8) is 0 Å². The molecule has 0 amide bonds. The fraction of sp³-hybridized carbons (Fsp3) is 0.375. The Balaban J connectivity index is 2.02. The van der Waals surface area contributed by atoms with Gasteiger partial charge in [0.05, 0.1) is 5.69 Å². The van der Waals surface area contributed by atoms with Gasteiger partial charge < -0.3 is 5.32 Å². The maximum Gasteiger partial charge on any atom is 0.161 e. The number of thioether (sulfide) groups is 1. The second-order valence-corrected chi connectivity index (χ2v) is 5.88. The lowest BCUT2D eigenvalue weighted by atomic mass is 10.1. The van der Waals surface area contributed by atoms with Crippen molar-refractivity contribution in [2.45, 2.75) is 31.8 Å². The fourth-order valence-corrected chi connectivity index (χ4v) is 3.43. The van der Waals surface area contributed by atoms with E-state index in [2.05, 4.69) is 43.4 Å². The van der Waals surface area contributed by atoms with Gasteiger partial charge in [0.1, 0.15) is 5.82 Å². The predicted octanol–water partition coefficient (Wildman–Crippen LogP) is 3.88. The van der Waals surface area contributed by atoms with Crippen molar-refractivity contribution < 1.29 is 0 Å². The average molecular weight is 285 g/mol. The number of fused-ring (bicyclic) bond motifs is 1. The van der Waals surface area contributed by atoms with E-state index < -0.39 is 0 Å². The summed E-state index contributed by atoms with van der Waals surface area (Å²) in [5.41, 5.74) is 4.92. The van der Waals surface area contributed by atoms with E-state index in [1.165, 1.54) is 16.8 Å². The van der Waals surface area contributed by atoms with Crippen molar-refractivity contribution in [1.29, 1.82) is 0 Å². The normalized spacial score (nSPS) is 13.3. The van der Waals surface area contributed by atoms with Gasteiger partial charge >= 0.3 is 0 Å². The summed E-state index contributed by atoms with van der Waals surface area (Å²) in [7, 11) is 0. The minimum absolute atomic E-state index is 0.838. The third-order valence-electron chi connectivity index (χ3n) is 3.54. The molecule has 0 saturated carbocycles. The molecule has 3 nitrogen and oxygen atoms in total. The molecule has 2 aromatic rings. The summed E-state index contributed by atoms with van der Waals surface area (Å²) < 4.78 is 0. The van der Waals surface area contributed by atoms with Crippen molar-refractivity contribution >= 4 is 17.6 Å². The monoisotopic (exact) mass is 285 g/mol. The highest BCUT2D eigenvalue weighted by Gasteiger charge is 2.19. The molecule has 0 bridgehead atoms. The lowest BCUT2D eigenvalue weighted by Gasteiger charge is -2.10. The van der Waals surface area contributed by atoms with Crippen LogP contribution in [0.5, 0.6) is 0 Å². The van der Waals surface area contributed by atoms with E-state index in [0.717, 1.165) is 41.7 Å². The van der Waals surface area contributed by atoms with Gasteiger partial charge in [0.25, 0.3) is 0 Å². The molecule has 0 radical (unpaired) electrons. The van der Waals surface area contributed by atoms with E-state index in [0.29, 0.717) is 0 Å². The molecule has 1 aromatic heterocycles. The van der Waals surface area contributed by atoms with E-state index in [-0.39, 0.29) is 0 Å². The second kappa shape index (κ2) is 5.83. The standard InChI is InChI=1S/C16H19N3S/c1-3-11-5-7-12(8-6-11)15-18-14-10-20-9-13(14)16(19-15)17-4-2/h5-8H,3-4,9-10H2,1-2H3,(H,17,18,19). The van der Waals surface area contributed by atoms with E-state index >= 15 is 0 Å². The Bertz CT molecular complexity index is 608. The van der Waals surface area contributed by atoms with Crippen molar-refractivity contribution in [2.75, 3.05) is 11.9 Å². The number of aromatic nitrogens is 2. The highest BCUT2D eigenvalue weighted by molar-refractivity contribution is 7.98. The van der Waals surface area contributed by atoms with Crippen LogP contribution in [-0.2, 0) is 17.9 Å². The third kappa shape index (κ3) is 2.52. The summed E-state index contributed by atoms with van der Waals surface area (Å²) in [6.45, 7) is 5.16. The highest BCUT2D eigenvalue weighted by atomic mass is 32.2. The first-order chi connectivity index (χ1) is 9.81. The van der Waals surface area contributed by atoms with E-state index in [9.17, 15) is 0 Å². The maximum absolute atomic E-state index is 4.75. The Morgan fingerprint density at radius 1 is 1.10 bits per heavy atom. The summed E-state index contributed by atoms with van der Waals surface area (Å²) in [5.74, 6) is 3.87. The molecule has 2 heterocycles. The van der Waals surface area contributed by atoms with Gasteiger partial charge in [0.15, 0.2) is 5.82 Å². The average Bonchev–Trinajstić information content (AvgIpc) is 2.96. The molecule has 3 rings (SSSR count). The van der Waals surface area contributed by atoms with Crippen LogP contribution in [0.25, 0.3) is 11.4 Å². The Morgan fingerprint density at radius 2 is 1.90 bits per heavy atom. The smallest absolute Gasteiger partial charge is 0.161 e. The SMILES string of the molecule is CCNc1nc(-c2ccc(CC)cc2)nc2c1CSC2. The lowest BCUT2D eigenvalue weighted by molar-refractivity contribution is 1.05. The molecule has 4 heteroatoms. The molecule has 1 aliphatic heterocycles. The number of benzene rings is 1. The number of nitrogens with zero attached hydrogens (tertiary/aromatic N) is 2.